The van der Waals surface area contributed by atoms with Gasteiger partial charge in [0.1, 0.15) is 5.82 Å². The highest BCUT2D eigenvalue weighted by atomic mass is 19.1. The van der Waals surface area contributed by atoms with Crippen molar-refractivity contribution in [3.63, 3.8) is 0 Å². The second-order valence-electron chi connectivity index (χ2n) is 6.51. The molecule has 1 N–H and O–H groups in total. The van der Waals surface area contributed by atoms with Gasteiger partial charge in [0, 0.05) is 38.6 Å². The number of carbonyl (C=O) groups is 1. The summed E-state index contributed by atoms with van der Waals surface area (Å²) in [4.78, 5) is 24.1. The van der Waals surface area contributed by atoms with Gasteiger partial charge < -0.3 is 10.0 Å². The maximum atomic E-state index is 13.0. The van der Waals surface area contributed by atoms with Crippen molar-refractivity contribution in [1.29, 1.82) is 0 Å². The molecule has 1 aliphatic heterocycles. The number of rotatable bonds is 6. The number of Topliss-reactive ketones (excluding diaryl/α,β-unsaturated/α-hetero) is 1. The van der Waals surface area contributed by atoms with Crippen LogP contribution >= 0.6 is 0 Å². The minimum absolute atomic E-state index is 0.0154. The van der Waals surface area contributed by atoms with Crippen molar-refractivity contribution in [3.8, 4) is 0 Å². The highest BCUT2D eigenvalue weighted by Gasteiger charge is 2.23. The Bertz CT molecular complexity index is 785. The van der Waals surface area contributed by atoms with Crippen LogP contribution < -0.4 is 4.90 Å². The number of hydrogen-bond donors (Lipinski definition) is 1. The SMILES string of the molecule is CC(=O)c1cnc(N2CCN(C(/C=C/c3ccc(F)cc3)CO)CC2)nc1. The first-order chi connectivity index (χ1) is 13.1. The fourth-order valence-corrected chi connectivity index (χ4v) is 3.01. The number of nitrogens with zero attached hydrogens (tertiary/aromatic N) is 4. The maximum absolute atomic E-state index is 13.0. The van der Waals surface area contributed by atoms with E-state index in [1.807, 2.05) is 12.2 Å². The standard InChI is InChI=1S/C20H23FN4O2/c1-15(27)17-12-22-20(23-13-17)25-10-8-24(9-11-25)19(14-26)7-4-16-2-5-18(21)6-3-16/h2-7,12-13,19,26H,8-11,14H2,1H3/b7-4+. The van der Waals surface area contributed by atoms with Crippen LogP contribution in [0.25, 0.3) is 6.08 Å². The van der Waals surface area contributed by atoms with E-state index in [4.69, 9.17) is 0 Å². The van der Waals surface area contributed by atoms with Crippen molar-refractivity contribution in [3.05, 3.63) is 59.7 Å². The molecule has 1 fully saturated rings. The van der Waals surface area contributed by atoms with E-state index < -0.39 is 0 Å². The molecule has 27 heavy (non-hydrogen) atoms. The number of piperazine rings is 1. The minimum Gasteiger partial charge on any atom is -0.394 e. The summed E-state index contributed by atoms with van der Waals surface area (Å²) in [5.41, 5.74) is 1.40. The highest BCUT2D eigenvalue weighted by Crippen LogP contribution is 2.14. The number of halogens is 1. The Balaban J connectivity index is 1.58. The van der Waals surface area contributed by atoms with Crippen LogP contribution in [0.1, 0.15) is 22.8 Å². The topological polar surface area (TPSA) is 69.6 Å². The molecule has 1 unspecified atom stereocenters. The lowest BCUT2D eigenvalue weighted by molar-refractivity contribution is 0.101. The Morgan fingerprint density at radius 2 is 1.81 bits per heavy atom. The quantitative estimate of drug-likeness (QED) is 0.785. The Labute approximate surface area is 158 Å². The molecule has 1 aliphatic rings. The van der Waals surface area contributed by atoms with E-state index in [1.165, 1.54) is 19.1 Å². The third-order valence-electron chi connectivity index (χ3n) is 4.68. The van der Waals surface area contributed by atoms with Crippen molar-refractivity contribution in [2.75, 3.05) is 37.7 Å². The van der Waals surface area contributed by atoms with E-state index in [2.05, 4.69) is 19.8 Å². The van der Waals surface area contributed by atoms with E-state index >= 15 is 0 Å². The molecule has 1 aromatic carbocycles. The normalized spacial score (nSPS) is 16.6. The second-order valence-corrected chi connectivity index (χ2v) is 6.51. The smallest absolute Gasteiger partial charge is 0.225 e. The Morgan fingerprint density at radius 1 is 1.19 bits per heavy atom. The summed E-state index contributed by atoms with van der Waals surface area (Å²) < 4.78 is 13.0. The summed E-state index contributed by atoms with van der Waals surface area (Å²) in [5, 5.41) is 9.74. The van der Waals surface area contributed by atoms with Gasteiger partial charge in [-0.3, -0.25) is 9.69 Å². The van der Waals surface area contributed by atoms with Gasteiger partial charge in [-0.2, -0.15) is 0 Å². The molecule has 7 heteroatoms. The highest BCUT2D eigenvalue weighted by molar-refractivity contribution is 5.93. The zero-order valence-electron chi connectivity index (χ0n) is 15.3. The van der Waals surface area contributed by atoms with Crippen molar-refractivity contribution in [2.45, 2.75) is 13.0 Å². The fraction of sp³-hybridized carbons (Fsp3) is 0.350. The van der Waals surface area contributed by atoms with Gasteiger partial charge in [-0.1, -0.05) is 24.3 Å². The molecule has 0 saturated carbocycles. The van der Waals surface area contributed by atoms with Crippen LogP contribution in [0, 0.1) is 5.82 Å². The molecule has 6 nitrogen and oxygen atoms in total. The third-order valence-corrected chi connectivity index (χ3v) is 4.68. The molecule has 142 valence electrons. The number of anilines is 1. The first-order valence-corrected chi connectivity index (χ1v) is 8.93. The summed E-state index contributed by atoms with van der Waals surface area (Å²) >= 11 is 0. The minimum atomic E-state index is -0.263. The van der Waals surface area contributed by atoms with Crippen molar-refractivity contribution in [2.24, 2.45) is 0 Å². The first kappa shape index (κ1) is 19.1. The number of ketones is 1. The molecular formula is C20H23FN4O2. The van der Waals surface area contributed by atoms with E-state index in [0.717, 1.165) is 31.7 Å². The third kappa shape index (κ3) is 4.96. The molecule has 2 heterocycles. The molecule has 0 bridgehead atoms. The molecule has 0 aliphatic carbocycles. The molecular weight excluding hydrogens is 347 g/mol. The number of aliphatic hydroxyl groups excluding tert-OH is 1. The van der Waals surface area contributed by atoms with E-state index in [1.54, 1.807) is 24.5 Å². The van der Waals surface area contributed by atoms with Gasteiger partial charge in [-0.25, -0.2) is 14.4 Å². The summed E-state index contributed by atoms with van der Waals surface area (Å²) in [6.07, 6.45) is 6.95. The monoisotopic (exact) mass is 370 g/mol. The molecule has 1 saturated heterocycles. The summed E-state index contributed by atoms with van der Waals surface area (Å²) in [7, 11) is 0. The van der Waals surface area contributed by atoms with Crippen LogP contribution in [0.3, 0.4) is 0 Å². The van der Waals surface area contributed by atoms with E-state index in [-0.39, 0.29) is 24.2 Å². The number of aliphatic hydroxyl groups is 1. The lowest BCUT2D eigenvalue weighted by Crippen LogP contribution is -2.51. The summed E-state index contributed by atoms with van der Waals surface area (Å²) in [6.45, 7) is 4.50. The molecule has 1 aromatic heterocycles. The molecule has 3 rings (SSSR count). The number of hydrogen-bond acceptors (Lipinski definition) is 6. The zero-order chi connectivity index (χ0) is 19.2. The van der Waals surface area contributed by atoms with Gasteiger partial charge in [-0.15, -0.1) is 0 Å². The van der Waals surface area contributed by atoms with Crippen LogP contribution in [-0.2, 0) is 0 Å². The largest absolute Gasteiger partial charge is 0.394 e. The van der Waals surface area contributed by atoms with Gasteiger partial charge >= 0.3 is 0 Å². The van der Waals surface area contributed by atoms with Gasteiger partial charge in [0.15, 0.2) is 5.78 Å². The summed E-state index contributed by atoms with van der Waals surface area (Å²) in [6, 6.07) is 6.16. The molecule has 0 radical (unpaired) electrons. The Morgan fingerprint density at radius 3 is 2.37 bits per heavy atom. The van der Waals surface area contributed by atoms with Crippen LogP contribution in [0.5, 0.6) is 0 Å². The van der Waals surface area contributed by atoms with Gasteiger partial charge in [0.05, 0.1) is 18.2 Å². The van der Waals surface area contributed by atoms with Crippen LogP contribution in [0.4, 0.5) is 10.3 Å². The number of carbonyl (C=O) groups excluding carboxylic acids is 1. The average molecular weight is 370 g/mol. The zero-order valence-corrected chi connectivity index (χ0v) is 15.3. The van der Waals surface area contributed by atoms with Gasteiger partial charge in [-0.05, 0) is 24.6 Å². The predicted molar refractivity (Wildman–Crippen MR) is 102 cm³/mol. The van der Waals surface area contributed by atoms with Crippen molar-refractivity contribution < 1.29 is 14.3 Å². The van der Waals surface area contributed by atoms with E-state index in [0.29, 0.717) is 11.5 Å². The average Bonchev–Trinajstić information content (AvgIpc) is 2.70. The lowest BCUT2D eigenvalue weighted by atomic mass is 10.1. The Kier molecular flexibility index (Phi) is 6.26. The molecule has 2 aromatic rings. The molecule has 0 spiro atoms. The predicted octanol–water partition coefficient (Wildman–Crippen LogP) is 2.01. The van der Waals surface area contributed by atoms with Crippen LogP contribution in [-0.4, -0.2) is 64.6 Å². The fourth-order valence-electron chi connectivity index (χ4n) is 3.01. The van der Waals surface area contributed by atoms with Crippen LogP contribution in [0.15, 0.2) is 42.7 Å². The van der Waals surface area contributed by atoms with Crippen molar-refractivity contribution in [1.82, 2.24) is 14.9 Å². The first-order valence-electron chi connectivity index (χ1n) is 8.93. The second kappa shape index (κ2) is 8.83. The molecule has 0 amide bonds. The van der Waals surface area contributed by atoms with Crippen LogP contribution in [0.2, 0.25) is 0 Å². The van der Waals surface area contributed by atoms with Crippen molar-refractivity contribution >= 4 is 17.8 Å². The lowest BCUT2D eigenvalue weighted by Gasteiger charge is -2.37. The van der Waals surface area contributed by atoms with E-state index in [9.17, 15) is 14.3 Å². The summed E-state index contributed by atoms with van der Waals surface area (Å²) in [5.74, 6) is 0.299. The number of aromatic nitrogens is 2. The van der Waals surface area contributed by atoms with Gasteiger partial charge in [0.25, 0.3) is 0 Å². The van der Waals surface area contributed by atoms with Gasteiger partial charge in [0.2, 0.25) is 5.95 Å². The Hall–Kier alpha value is -2.64. The molecule has 1 atom stereocenters. The number of benzene rings is 1. The maximum Gasteiger partial charge on any atom is 0.225 e.